The normalized spacial score (nSPS) is 12.0. The minimum atomic E-state index is 0.296. The highest BCUT2D eigenvalue weighted by molar-refractivity contribution is 6.31. The molecule has 0 atom stereocenters. The monoisotopic (exact) mass is 413 g/mol. The van der Waals surface area contributed by atoms with Crippen LogP contribution in [0.2, 0.25) is 10.0 Å². The molecule has 3 aromatic rings. The number of oxime groups is 2. The highest BCUT2D eigenvalue weighted by Crippen LogP contribution is 2.16. The van der Waals surface area contributed by atoms with E-state index in [1.54, 1.807) is 42.5 Å². The number of hydrogen-bond donors (Lipinski definition) is 0. The van der Waals surface area contributed by atoms with Crippen molar-refractivity contribution in [2.75, 3.05) is 0 Å². The van der Waals surface area contributed by atoms with Crippen LogP contribution in [0.15, 0.2) is 77.0 Å². The molecule has 1 aromatic heterocycles. The van der Waals surface area contributed by atoms with Crippen LogP contribution in [0, 0.1) is 0 Å². The number of benzene rings is 2. The fourth-order valence-corrected chi connectivity index (χ4v) is 2.47. The third-order valence-electron chi connectivity index (χ3n) is 3.77. The van der Waals surface area contributed by atoms with Gasteiger partial charge in [-0.05, 0) is 49.2 Å². The Balaban J connectivity index is 1.66. The Morgan fingerprint density at radius 1 is 0.679 bits per heavy atom. The summed E-state index contributed by atoms with van der Waals surface area (Å²) in [4.78, 5) is 15.0. The van der Waals surface area contributed by atoms with Crippen LogP contribution in [-0.2, 0) is 0 Å². The van der Waals surface area contributed by atoms with Crippen molar-refractivity contribution in [1.82, 2.24) is 4.98 Å². The van der Waals surface area contributed by atoms with Crippen LogP contribution in [-0.4, -0.2) is 16.4 Å². The summed E-state index contributed by atoms with van der Waals surface area (Å²) in [5.74, 6) is 0.593. The maximum absolute atomic E-state index is 5.89. The average molecular weight is 414 g/mol. The predicted molar refractivity (Wildman–Crippen MR) is 113 cm³/mol. The molecular formula is C21H17Cl2N3O2. The minimum Gasteiger partial charge on any atom is -0.336 e. The number of hydrogen-bond acceptors (Lipinski definition) is 5. The Morgan fingerprint density at radius 2 is 1.07 bits per heavy atom. The van der Waals surface area contributed by atoms with Gasteiger partial charge in [0, 0.05) is 22.2 Å². The first-order chi connectivity index (χ1) is 13.5. The quantitative estimate of drug-likeness (QED) is 0.368. The van der Waals surface area contributed by atoms with Gasteiger partial charge in [0.2, 0.25) is 0 Å². The highest BCUT2D eigenvalue weighted by atomic mass is 35.5. The van der Waals surface area contributed by atoms with Gasteiger partial charge in [0.1, 0.15) is 0 Å². The van der Waals surface area contributed by atoms with Crippen LogP contribution in [0.5, 0.6) is 11.8 Å². The summed E-state index contributed by atoms with van der Waals surface area (Å²) in [5.41, 5.74) is 3.20. The third-order valence-corrected chi connectivity index (χ3v) is 4.28. The van der Waals surface area contributed by atoms with Crippen molar-refractivity contribution in [1.29, 1.82) is 0 Å². The van der Waals surface area contributed by atoms with Gasteiger partial charge in [-0.15, -0.1) is 0 Å². The number of rotatable bonds is 6. The summed E-state index contributed by atoms with van der Waals surface area (Å²) < 4.78 is 0. The maximum atomic E-state index is 5.89. The molecule has 0 saturated carbocycles. The van der Waals surface area contributed by atoms with Gasteiger partial charge in [0.25, 0.3) is 11.8 Å². The molecule has 0 bridgehead atoms. The van der Waals surface area contributed by atoms with E-state index in [4.69, 9.17) is 32.9 Å². The van der Waals surface area contributed by atoms with Crippen molar-refractivity contribution < 1.29 is 9.68 Å². The van der Waals surface area contributed by atoms with Crippen LogP contribution in [0.4, 0.5) is 0 Å². The Bertz CT molecular complexity index is 922. The number of pyridine rings is 1. The molecule has 142 valence electrons. The molecular weight excluding hydrogens is 397 g/mol. The molecule has 7 heteroatoms. The zero-order valence-electron chi connectivity index (χ0n) is 15.3. The Kier molecular flexibility index (Phi) is 6.63. The number of halogens is 2. The highest BCUT2D eigenvalue weighted by Gasteiger charge is 2.03. The zero-order valence-corrected chi connectivity index (χ0v) is 16.8. The Morgan fingerprint density at radius 3 is 1.46 bits per heavy atom. The molecule has 0 aliphatic heterocycles. The molecule has 0 radical (unpaired) electrons. The first kappa shape index (κ1) is 19.9. The molecule has 28 heavy (non-hydrogen) atoms. The van der Waals surface area contributed by atoms with E-state index in [9.17, 15) is 0 Å². The van der Waals surface area contributed by atoms with E-state index >= 15 is 0 Å². The van der Waals surface area contributed by atoms with E-state index in [1.807, 2.05) is 38.1 Å². The molecule has 3 rings (SSSR count). The fourth-order valence-electron chi connectivity index (χ4n) is 2.22. The van der Waals surface area contributed by atoms with Crippen LogP contribution in [0.25, 0.3) is 0 Å². The largest absolute Gasteiger partial charge is 0.336 e. The van der Waals surface area contributed by atoms with Crippen molar-refractivity contribution in [3.63, 3.8) is 0 Å². The predicted octanol–water partition coefficient (Wildman–Crippen LogP) is 5.99. The number of aromatic nitrogens is 1. The van der Waals surface area contributed by atoms with Gasteiger partial charge in [-0.3, -0.25) is 0 Å². The molecule has 0 unspecified atom stereocenters. The first-order valence-electron chi connectivity index (χ1n) is 8.43. The Labute approximate surface area is 173 Å². The van der Waals surface area contributed by atoms with Gasteiger partial charge in [0.05, 0.1) is 11.4 Å². The van der Waals surface area contributed by atoms with Crippen LogP contribution >= 0.6 is 23.2 Å². The molecule has 0 saturated heterocycles. The zero-order chi connectivity index (χ0) is 19.9. The lowest BCUT2D eigenvalue weighted by atomic mass is 10.1. The van der Waals surface area contributed by atoms with E-state index < -0.39 is 0 Å². The summed E-state index contributed by atoms with van der Waals surface area (Å²) >= 11 is 11.8. The molecule has 2 aromatic carbocycles. The van der Waals surface area contributed by atoms with Crippen molar-refractivity contribution in [2.45, 2.75) is 13.8 Å². The summed E-state index contributed by atoms with van der Waals surface area (Å²) in [5, 5.41) is 9.52. The fraction of sp³-hybridized carbons (Fsp3) is 0.0952. The topological polar surface area (TPSA) is 56.1 Å². The van der Waals surface area contributed by atoms with Crippen molar-refractivity contribution in [3.8, 4) is 11.8 Å². The average Bonchev–Trinajstić information content (AvgIpc) is 2.71. The van der Waals surface area contributed by atoms with E-state index in [2.05, 4.69) is 15.3 Å². The van der Waals surface area contributed by atoms with E-state index in [0.29, 0.717) is 33.2 Å². The summed E-state index contributed by atoms with van der Waals surface area (Å²) in [6.07, 6.45) is 0. The van der Waals surface area contributed by atoms with Gasteiger partial charge in [0.15, 0.2) is 0 Å². The standard InChI is InChI=1S/C21H17Cl2N3O2/c1-14(16-6-10-18(22)11-7-16)25-27-20-4-3-5-21(24-20)28-26-15(2)17-8-12-19(23)13-9-17/h3-13H,1-2H3/b25-14-,26-15-. The lowest BCUT2D eigenvalue weighted by Crippen LogP contribution is -2.00. The lowest BCUT2D eigenvalue weighted by Gasteiger charge is -2.04. The van der Waals surface area contributed by atoms with Crippen molar-refractivity contribution in [3.05, 3.63) is 87.9 Å². The molecule has 0 aliphatic carbocycles. The van der Waals surface area contributed by atoms with E-state index in [1.165, 1.54) is 0 Å². The molecule has 0 aliphatic rings. The van der Waals surface area contributed by atoms with Crippen LogP contribution < -0.4 is 9.68 Å². The molecule has 5 nitrogen and oxygen atoms in total. The van der Waals surface area contributed by atoms with Gasteiger partial charge < -0.3 is 9.68 Å². The SMILES string of the molecule is C/C(=N/Oc1cccc(O/N=C(/C)c2ccc(Cl)cc2)n1)c1ccc(Cl)cc1. The van der Waals surface area contributed by atoms with Crippen LogP contribution in [0.3, 0.4) is 0 Å². The smallest absolute Gasteiger partial charge is 0.252 e. The van der Waals surface area contributed by atoms with Gasteiger partial charge in [-0.2, -0.15) is 4.98 Å². The molecule has 1 heterocycles. The van der Waals surface area contributed by atoms with Gasteiger partial charge >= 0.3 is 0 Å². The maximum Gasteiger partial charge on any atom is 0.252 e. The van der Waals surface area contributed by atoms with Crippen LogP contribution in [0.1, 0.15) is 25.0 Å². The third kappa shape index (κ3) is 5.55. The number of nitrogens with zero attached hydrogens (tertiary/aromatic N) is 3. The summed E-state index contributed by atoms with van der Waals surface area (Å²) in [6.45, 7) is 3.67. The van der Waals surface area contributed by atoms with E-state index in [0.717, 1.165) is 11.1 Å². The molecule has 0 fully saturated rings. The molecule has 0 N–H and O–H groups in total. The molecule has 0 amide bonds. The Hall–Kier alpha value is -2.89. The summed E-state index contributed by atoms with van der Waals surface area (Å²) in [6, 6.07) is 19.8. The van der Waals surface area contributed by atoms with Gasteiger partial charge in [-0.1, -0.05) is 63.8 Å². The minimum absolute atomic E-state index is 0.296. The second kappa shape index (κ2) is 9.35. The van der Waals surface area contributed by atoms with Crippen molar-refractivity contribution in [2.24, 2.45) is 10.3 Å². The second-order valence-electron chi connectivity index (χ2n) is 5.86. The second-order valence-corrected chi connectivity index (χ2v) is 6.74. The van der Waals surface area contributed by atoms with E-state index in [-0.39, 0.29) is 0 Å². The summed E-state index contributed by atoms with van der Waals surface area (Å²) in [7, 11) is 0. The molecule has 0 spiro atoms. The van der Waals surface area contributed by atoms with Gasteiger partial charge in [-0.25, -0.2) is 0 Å². The first-order valence-corrected chi connectivity index (χ1v) is 9.19. The lowest BCUT2D eigenvalue weighted by molar-refractivity contribution is 0.299. The van der Waals surface area contributed by atoms with Crippen molar-refractivity contribution >= 4 is 34.6 Å².